The van der Waals surface area contributed by atoms with Crippen molar-refractivity contribution in [1.82, 2.24) is 10.6 Å². The Bertz CT molecular complexity index is 462. The van der Waals surface area contributed by atoms with Crippen molar-refractivity contribution < 1.29 is 9.53 Å². The summed E-state index contributed by atoms with van der Waals surface area (Å²) in [4.78, 5) is 11.8. The number of urea groups is 1. The van der Waals surface area contributed by atoms with Gasteiger partial charge in [0.2, 0.25) is 0 Å². The lowest BCUT2D eigenvalue weighted by molar-refractivity contribution is 0.218. The van der Waals surface area contributed by atoms with Gasteiger partial charge in [0.15, 0.2) is 0 Å². The summed E-state index contributed by atoms with van der Waals surface area (Å²) in [5.41, 5.74) is 1.17. The van der Waals surface area contributed by atoms with Crippen molar-refractivity contribution in [2.24, 2.45) is 5.92 Å². The van der Waals surface area contributed by atoms with E-state index in [-0.39, 0.29) is 6.03 Å². The molecule has 0 heterocycles. The first-order valence-corrected chi connectivity index (χ1v) is 7.89. The standard InChI is InChI=1S/C17H26N2O2/c1-13-6-5-8-15(12-13)21-11-10-18-17(20)19-16-9-4-3-7-14(16)2/h5-6,8,12,14,16H,3-4,7,9-11H2,1-2H3,(H2,18,19,20)/t14-,16-/m1/s1. The molecular weight excluding hydrogens is 264 g/mol. The highest BCUT2D eigenvalue weighted by atomic mass is 16.5. The molecule has 1 aliphatic carbocycles. The van der Waals surface area contributed by atoms with E-state index in [9.17, 15) is 4.79 Å². The maximum Gasteiger partial charge on any atom is 0.315 e. The third-order valence-corrected chi connectivity index (χ3v) is 4.07. The highest BCUT2D eigenvalue weighted by Gasteiger charge is 2.22. The molecule has 0 aromatic heterocycles. The Morgan fingerprint density at radius 1 is 1.33 bits per heavy atom. The average molecular weight is 290 g/mol. The zero-order valence-electron chi connectivity index (χ0n) is 13.0. The lowest BCUT2D eigenvalue weighted by Gasteiger charge is -2.29. The molecule has 2 amide bonds. The molecule has 2 N–H and O–H groups in total. The lowest BCUT2D eigenvalue weighted by atomic mass is 9.86. The van der Waals surface area contributed by atoms with Gasteiger partial charge in [-0.25, -0.2) is 4.79 Å². The second-order valence-electron chi connectivity index (χ2n) is 5.93. The summed E-state index contributed by atoms with van der Waals surface area (Å²) in [5, 5.41) is 5.93. The summed E-state index contributed by atoms with van der Waals surface area (Å²) in [6.07, 6.45) is 4.80. The van der Waals surface area contributed by atoms with Gasteiger partial charge in [-0.05, 0) is 43.4 Å². The lowest BCUT2D eigenvalue weighted by Crippen LogP contribution is -2.46. The van der Waals surface area contributed by atoms with Crippen molar-refractivity contribution in [3.8, 4) is 5.75 Å². The molecule has 0 aliphatic heterocycles. The van der Waals surface area contributed by atoms with Crippen LogP contribution in [0.15, 0.2) is 24.3 Å². The Labute approximate surface area is 127 Å². The zero-order valence-corrected chi connectivity index (χ0v) is 13.0. The van der Waals surface area contributed by atoms with E-state index in [2.05, 4.69) is 17.6 Å². The predicted molar refractivity (Wildman–Crippen MR) is 84.6 cm³/mol. The molecule has 0 spiro atoms. The zero-order chi connectivity index (χ0) is 15.1. The molecule has 0 bridgehead atoms. The van der Waals surface area contributed by atoms with Gasteiger partial charge in [-0.2, -0.15) is 0 Å². The Balaban J connectivity index is 1.63. The third-order valence-electron chi connectivity index (χ3n) is 4.07. The van der Waals surface area contributed by atoms with Crippen LogP contribution in [-0.4, -0.2) is 25.2 Å². The molecule has 2 rings (SSSR count). The van der Waals surface area contributed by atoms with Crippen LogP contribution in [0.2, 0.25) is 0 Å². The fourth-order valence-electron chi connectivity index (χ4n) is 2.79. The molecule has 1 saturated carbocycles. The molecule has 116 valence electrons. The molecule has 2 atom stereocenters. The van der Waals surface area contributed by atoms with Crippen LogP contribution in [0.5, 0.6) is 5.75 Å². The first-order valence-electron chi connectivity index (χ1n) is 7.89. The normalized spacial score (nSPS) is 21.6. The number of amides is 2. The van der Waals surface area contributed by atoms with Gasteiger partial charge in [0, 0.05) is 6.04 Å². The van der Waals surface area contributed by atoms with E-state index in [1.807, 2.05) is 31.2 Å². The number of rotatable bonds is 5. The molecule has 4 nitrogen and oxygen atoms in total. The van der Waals surface area contributed by atoms with Crippen molar-refractivity contribution >= 4 is 6.03 Å². The minimum absolute atomic E-state index is 0.0819. The summed E-state index contributed by atoms with van der Waals surface area (Å²) in [6, 6.07) is 8.15. The number of hydrogen-bond donors (Lipinski definition) is 2. The molecule has 0 saturated heterocycles. The molecule has 21 heavy (non-hydrogen) atoms. The van der Waals surface area contributed by atoms with Crippen molar-refractivity contribution in [3.05, 3.63) is 29.8 Å². The van der Waals surface area contributed by atoms with Crippen LogP contribution in [0.4, 0.5) is 4.79 Å². The number of carbonyl (C=O) groups is 1. The minimum atomic E-state index is -0.0819. The molecule has 1 aromatic rings. The van der Waals surface area contributed by atoms with Gasteiger partial charge in [-0.1, -0.05) is 31.9 Å². The number of carbonyl (C=O) groups excluding carboxylic acids is 1. The van der Waals surface area contributed by atoms with Gasteiger partial charge in [0.1, 0.15) is 12.4 Å². The summed E-state index contributed by atoms with van der Waals surface area (Å²) >= 11 is 0. The monoisotopic (exact) mass is 290 g/mol. The van der Waals surface area contributed by atoms with Crippen LogP contribution in [0.3, 0.4) is 0 Å². The van der Waals surface area contributed by atoms with Crippen molar-refractivity contribution in [2.45, 2.75) is 45.6 Å². The van der Waals surface area contributed by atoms with E-state index in [1.165, 1.54) is 24.8 Å². The second kappa shape index (κ2) is 7.91. The maximum absolute atomic E-state index is 11.8. The fourth-order valence-corrected chi connectivity index (χ4v) is 2.79. The number of aryl methyl sites for hydroxylation is 1. The molecule has 4 heteroatoms. The molecule has 0 radical (unpaired) electrons. The van der Waals surface area contributed by atoms with E-state index < -0.39 is 0 Å². The van der Waals surface area contributed by atoms with Gasteiger partial charge in [0.05, 0.1) is 6.54 Å². The van der Waals surface area contributed by atoms with E-state index >= 15 is 0 Å². The van der Waals surface area contributed by atoms with Gasteiger partial charge >= 0.3 is 6.03 Å². The van der Waals surface area contributed by atoms with Crippen LogP contribution in [0, 0.1) is 12.8 Å². The Kier molecular flexibility index (Phi) is 5.90. The smallest absolute Gasteiger partial charge is 0.315 e. The molecular formula is C17H26N2O2. The van der Waals surface area contributed by atoms with Crippen molar-refractivity contribution in [2.75, 3.05) is 13.2 Å². The number of hydrogen-bond acceptors (Lipinski definition) is 2. The van der Waals surface area contributed by atoms with E-state index in [1.54, 1.807) is 0 Å². The maximum atomic E-state index is 11.8. The van der Waals surface area contributed by atoms with E-state index in [0.717, 1.165) is 12.2 Å². The SMILES string of the molecule is Cc1cccc(OCCNC(=O)N[C@@H]2CCCC[C@H]2C)c1. The Hall–Kier alpha value is -1.71. The third kappa shape index (κ3) is 5.29. The Morgan fingerprint density at radius 3 is 2.90 bits per heavy atom. The first kappa shape index (κ1) is 15.7. The minimum Gasteiger partial charge on any atom is -0.492 e. The summed E-state index contributed by atoms with van der Waals surface area (Å²) in [7, 11) is 0. The van der Waals surface area contributed by atoms with Crippen LogP contribution < -0.4 is 15.4 Å². The van der Waals surface area contributed by atoms with Crippen molar-refractivity contribution in [1.29, 1.82) is 0 Å². The highest BCUT2D eigenvalue weighted by molar-refractivity contribution is 5.74. The molecule has 1 fully saturated rings. The fraction of sp³-hybridized carbons (Fsp3) is 0.588. The number of nitrogens with one attached hydrogen (secondary N) is 2. The van der Waals surface area contributed by atoms with Crippen LogP contribution in [-0.2, 0) is 0 Å². The van der Waals surface area contributed by atoms with Gasteiger partial charge in [-0.3, -0.25) is 0 Å². The van der Waals surface area contributed by atoms with Crippen LogP contribution in [0.1, 0.15) is 38.2 Å². The van der Waals surface area contributed by atoms with Crippen LogP contribution in [0.25, 0.3) is 0 Å². The number of benzene rings is 1. The van der Waals surface area contributed by atoms with Crippen molar-refractivity contribution in [3.63, 3.8) is 0 Å². The number of ether oxygens (including phenoxy) is 1. The molecule has 1 aromatic carbocycles. The topological polar surface area (TPSA) is 50.4 Å². The molecule has 0 unspecified atom stereocenters. The second-order valence-corrected chi connectivity index (χ2v) is 5.93. The summed E-state index contributed by atoms with van der Waals surface area (Å²) in [5.74, 6) is 1.42. The van der Waals surface area contributed by atoms with E-state index in [4.69, 9.17) is 4.74 Å². The highest BCUT2D eigenvalue weighted by Crippen LogP contribution is 2.23. The van der Waals surface area contributed by atoms with Crippen LogP contribution >= 0.6 is 0 Å². The summed E-state index contributed by atoms with van der Waals surface area (Å²) < 4.78 is 5.61. The average Bonchev–Trinajstić information content (AvgIpc) is 2.46. The molecule has 1 aliphatic rings. The Morgan fingerprint density at radius 2 is 2.14 bits per heavy atom. The largest absolute Gasteiger partial charge is 0.492 e. The summed E-state index contributed by atoms with van der Waals surface area (Å²) in [6.45, 7) is 5.24. The van der Waals surface area contributed by atoms with Gasteiger partial charge < -0.3 is 15.4 Å². The first-order chi connectivity index (χ1) is 10.1. The van der Waals surface area contributed by atoms with Gasteiger partial charge in [0.25, 0.3) is 0 Å². The van der Waals surface area contributed by atoms with Gasteiger partial charge in [-0.15, -0.1) is 0 Å². The quantitative estimate of drug-likeness (QED) is 0.818. The predicted octanol–water partition coefficient (Wildman–Crippen LogP) is 3.25. The van der Waals surface area contributed by atoms with E-state index in [0.29, 0.717) is 25.1 Å².